The normalized spacial score (nSPS) is 27.7. The van der Waals surface area contributed by atoms with Crippen molar-refractivity contribution in [2.45, 2.75) is 77.2 Å². The van der Waals surface area contributed by atoms with Crippen LogP contribution in [0.25, 0.3) is 5.69 Å². The van der Waals surface area contributed by atoms with E-state index in [-0.39, 0.29) is 5.75 Å². The van der Waals surface area contributed by atoms with Gasteiger partial charge in [0.1, 0.15) is 18.4 Å². The molecule has 4 rings (SSSR count). The Balaban J connectivity index is 1.27. The summed E-state index contributed by atoms with van der Waals surface area (Å²) in [5.74, 6) is 1.77. The number of alkyl halides is 2. The lowest BCUT2D eigenvalue weighted by Gasteiger charge is -2.39. The number of nitrogens with zero attached hydrogens (tertiary/aromatic N) is 3. The highest BCUT2D eigenvalue weighted by atomic mass is 19.3. The number of hydrogen-bond donors (Lipinski definition) is 0. The van der Waals surface area contributed by atoms with Crippen LogP contribution in [0, 0.1) is 23.7 Å². The quantitative estimate of drug-likeness (QED) is 0.506. The lowest BCUT2D eigenvalue weighted by Crippen LogP contribution is -2.38. The fourth-order valence-electron chi connectivity index (χ4n) is 5.53. The van der Waals surface area contributed by atoms with E-state index in [1.54, 1.807) is 35.3 Å². The van der Waals surface area contributed by atoms with Crippen LogP contribution in [0.3, 0.4) is 0 Å². The van der Waals surface area contributed by atoms with Gasteiger partial charge in [0.15, 0.2) is 0 Å². The van der Waals surface area contributed by atoms with E-state index in [9.17, 15) is 8.78 Å². The lowest BCUT2D eigenvalue weighted by atomic mass is 9.68. The Morgan fingerprint density at radius 2 is 1.60 bits per heavy atom. The highest BCUT2D eigenvalue weighted by Gasteiger charge is 2.45. The standard InChI is InChI=1S/C24H33F2N3O/c1-2-3-18-4-6-19(7-5-18)20-8-10-21(11-9-20)24(25,26)30-23-14-12-22(13-15-23)29-17-27-16-28-29/h12-21H,2-11H2,1H3. The minimum atomic E-state index is -3.13. The molecule has 2 aliphatic rings. The van der Waals surface area contributed by atoms with Gasteiger partial charge in [0.05, 0.1) is 11.6 Å². The predicted octanol–water partition coefficient (Wildman–Crippen LogP) is 6.65. The summed E-state index contributed by atoms with van der Waals surface area (Å²) >= 11 is 0. The molecule has 2 aliphatic carbocycles. The van der Waals surface area contributed by atoms with Crippen LogP contribution in [-0.2, 0) is 0 Å². The Morgan fingerprint density at radius 3 is 2.17 bits per heavy atom. The van der Waals surface area contributed by atoms with Gasteiger partial charge in [-0.25, -0.2) is 9.67 Å². The molecular formula is C24H33F2N3O. The minimum Gasteiger partial charge on any atom is -0.432 e. The van der Waals surface area contributed by atoms with Crippen LogP contribution < -0.4 is 4.74 Å². The third-order valence-corrected chi connectivity index (χ3v) is 7.28. The highest BCUT2D eigenvalue weighted by molar-refractivity contribution is 5.36. The monoisotopic (exact) mass is 417 g/mol. The summed E-state index contributed by atoms with van der Waals surface area (Å²) in [6.07, 6.45) is 10.7. The Labute approximate surface area is 178 Å². The van der Waals surface area contributed by atoms with Crippen molar-refractivity contribution in [1.29, 1.82) is 0 Å². The first-order valence-electron chi connectivity index (χ1n) is 11.6. The van der Waals surface area contributed by atoms with Crippen LogP contribution in [0.2, 0.25) is 0 Å². The molecule has 0 aliphatic heterocycles. The molecule has 0 saturated heterocycles. The number of rotatable bonds is 7. The zero-order valence-electron chi connectivity index (χ0n) is 17.9. The average molecular weight is 418 g/mol. The second-order valence-corrected chi connectivity index (χ2v) is 9.18. The molecule has 0 spiro atoms. The molecule has 0 bridgehead atoms. The van der Waals surface area contributed by atoms with E-state index in [0.29, 0.717) is 18.8 Å². The van der Waals surface area contributed by atoms with Crippen LogP contribution in [0.4, 0.5) is 8.78 Å². The summed E-state index contributed by atoms with van der Waals surface area (Å²) in [5.41, 5.74) is 0.761. The second-order valence-electron chi connectivity index (χ2n) is 9.18. The number of ether oxygens (including phenoxy) is 1. The van der Waals surface area contributed by atoms with Crippen molar-refractivity contribution in [3.63, 3.8) is 0 Å². The van der Waals surface area contributed by atoms with Crippen molar-refractivity contribution in [2.24, 2.45) is 23.7 Å². The second kappa shape index (κ2) is 9.44. The van der Waals surface area contributed by atoms with Crippen molar-refractivity contribution < 1.29 is 13.5 Å². The summed E-state index contributed by atoms with van der Waals surface area (Å²) in [6, 6.07) is 6.58. The molecule has 2 saturated carbocycles. The van der Waals surface area contributed by atoms with Gasteiger partial charge in [-0.05, 0) is 80.5 Å². The SMILES string of the molecule is CCCC1CCC(C2CCC(C(F)(F)Oc3ccc(-n4cncn4)cc3)CC2)CC1. The van der Waals surface area contributed by atoms with Gasteiger partial charge in [-0.1, -0.05) is 32.6 Å². The summed E-state index contributed by atoms with van der Waals surface area (Å²) in [6.45, 7) is 2.26. The van der Waals surface area contributed by atoms with Gasteiger partial charge in [0.25, 0.3) is 0 Å². The molecule has 2 fully saturated rings. The Morgan fingerprint density at radius 1 is 0.967 bits per heavy atom. The number of aromatic nitrogens is 3. The maximum Gasteiger partial charge on any atom is 0.400 e. The van der Waals surface area contributed by atoms with Crippen LogP contribution in [-0.4, -0.2) is 20.9 Å². The van der Waals surface area contributed by atoms with Crippen LogP contribution >= 0.6 is 0 Å². The van der Waals surface area contributed by atoms with Gasteiger partial charge in [0.2, 0.25) is 0 Å². The molecule has 2 aromatic rings. The first-order valence-corrected chi connectivity index (χ1v) is 11.6. The average Bonchev–Trinajstić information content (AvgIpc) is 3.30. The van der Waals surface area contributed by atoms with Crippen molar-refractivity contribution in [2.75, 3.05) is 0 Å². The van der Waals surface area contributed by atoms with Crippen molar-refractivity contribution in [3.05, 3.63) is 36.9 Å². The molecule has 0 unspecified atom stereocenters. The molecule has 0 radical (unpaired) electrons. The smallest absolute Gasteiger partial charge is 0.400 e. The molecule has 164 valence electrons. The van der Waals surface area contributed by atoms with Gasteiger partial charge in [-0.3, -0.25) is 0 Å². The zero-order valence-corrected chi connectivity index (χ0v) is 17.9. The molecule has 30 heavy (non-hydrogen) atoms. The van der Waals surface area contributed by atoms with Crippen molar-refractivity contribution in [3.8, 4) is 11.4 Å². The van der Waals surface area contributed by atoms with E-state index < -0.39 is 12.0 Å². The Hall–Kier alpha value is -1.98. The number of benzene rings is 1. The predicted molar refractivity (Wildman–Crippen MR) is 113 cm³/mol. The van der Waals surface area contributed by atoms with Gasteiger partial charge >= 0.3 is 6.11 Å². The maximum atomic E-state index is 14.8. The molecule has 6 heteroatoms. The lowest BCUT2D eigenvalue weighted by molar-refractivity contribution is -0.224. The highest BCUT2D eigenvalue weighted by Crippen LogP contribution is 2.45. The van der Waals surface area contributed by atoms with E-state index in [4.69, 9.17) is 4.74 Å². The van der Waals surface area contributed by atoms with E-state index in [1.807, 2.05) is 0 Å². The molecule has 1 aromatic heterocycles. The summed E-state index contributed by atoms with van der Waals surface area (Å²) in [5, 5.41) is 4.04. The van der Waals surface area contributed by atoms with Gasteiger partial charge in [-0.15, -0.1) is 0 Å². The molecule has 1 heterocycles. The molecule has 0 amide bonds. The zero-order chi connectivity index (χ0) is 21.0. The topological polar surface area (TPSA) is 39.9 Å². The van der Waals surface area contributed by atoms with Crippen LogP contribution in [0.5, 0.6) is 5.75 Å². The van der Waals surface area contributed by atoms with E-state index in [1.165, 1.54) is 44.9 Å². The van der Waals surface area contributed by atoms with Gasteiger partial charge < -0.3 is 4.74 Å². The molecule has 0 atom stereocenters. The van der Waals surface area contributed by atoms with Gasteiger partial charge in [-0.2, -0.15) is 13.9 Å². The van der Waals surface area contributed by atoms with Crippen molar-refractivity contribution >= 4 is 0 Å². The fraction of sp³-hybridized carbons (Fsp3) is 0.667. The first-order chi connectivity index (χ1) is 14.5. The van der Waals surface area contributed by atoms with E-state index >= 15 is 0 Å². The Kier molecular flexibility index (Phi) is 6.69. The minimum absolute atomic E-state index is 0.195. The Bertz CT molecular complexity index is 762. The van der Waals surface area contributed by atoms with Crippen molar-refractivity contribution in [1.82, 2.24) is 14.8 Å². The molecular weight excluding hydrogens is 384 g/mol. The third kappa shape index (κ3) is 5.01. The fourth-order valence-corrected chi connectivity index (χ4v) is 5.53. The van der Waals surface area contributed by atoms with E-state index in [0.717, 1.165) is 30.4 Å². The van der Waals surface area contributed by atoms with Crippen LogP contribution in [0.1, 0.15) is 71.1 Å². The van der Waals surface area contributed by atoms with E-state index in [2.05, 4.69) is 17.0 Å². The molecule has 0 N–H and O–H groups in total. The summed E-state index contributed by atoms with van der Waals surface area (Å²) in [7, 11) is 0. The first kappa shape index (κ1) is 21.3. The summed E-state index contributed by atoms with van der Waals surface area (Å²) in [4.78, 5) is 3.89. The largest absolute Gasteiger partial charge is 0.432 e. The van der Waals surface area contributed by atoms with Gasteiger partial charge in [0, 0.05) is 0 Å². The number of hydrogen-bond acceptors (Lipinski definition) is 3. The molecule has 1 aromatic carbocycles. The number of halogens is 2. The third-order valence-electron chi connectivity index (χ3n) is 7.28. The van der Waals surface area contributed by atoms with Crippen LogP contribution in [0.15, 0.2) is 36.9 Å². The summed E-state index contributed by atoms with van der Waals surface area (Å²) < 4.78 is 36.4. The molecule has 4 nitrogen and oxygen atoms in total. The maximum absolute atomic E-state index is 14.8.